The first-order valence-electron chi connectivity index (χ1n) is 12.9. The van der Waals surface area contributed by atoms with Crippen LogP contribution in [0.15, 0.2) is 60.9 Å². The van der Waals surface area contributed by atoms with Crippen LogP contribution in [0.4, 0.5) is 4.39 Å². The number of hydrogen-bond donors (Lipinski definition) is 2. The third-order valence-corrected chi connectivity index (χ3v) is 8.45. The smallest absolute Gasteiger partial charge is 0.163 e. The van der Waals surface area contributed by atoms with Crippen LogP contribution in [0.25, 0.3) is 33.6 Å². The highest BCUT2D eigenvalue weighted by molar-refractivity contribution is 5.71. The summed E-state index contributed by atoms with van der Waals surface area (Å²) in [5, 5.41) is 0. The Kier molecular flexibility index (Phi) is 5.39. The summed E-state index contributed by atoms with van der Waals surface area (Å²) in [4.78, 5) is 15.7. The highest BCUT2D eigenvalue weighted by Gasteiger charge is 2.42. The molecule has 4 nitrogen and oxygen atoms in total. The van der Waals surface area contributed by atoms with Gasteiger partial charge in [0.15, 0.2) is 6.17 Å². The van der Waals surface area contributed by atoms with E-state index in [1.807, 2.05) is 13.1 Å². The van der Waals surface area contributed by atoms with Gasteiger partial charge in [-0.1, -0.05) is 75.2 Å². The number of imidazole rings is 2. The first-order chi connectivity index (χ1) is 16.9. The number of H-pyrrole nitrogens is 2. The molecule has 5 heteroatoms. The van der Waals surface area contributed by atoms with Gasteiger partial charge in [-0.05, 0) is 53.4 Å². The van der Waals surface area contributed by atoms with Gasteiger partial charge in [0.2, 0.25) is 0 Å². The second-order valence-electron chi connectivity index (χ2n) is 11.3. The van der Waals surface area contributed by atoms with Crippen LogP contribution in [0.5, 0.6) is 0 Å². The number of hydrogen-bond acceptors (Lipinski definition) is 2. The lowest BCUT2D eigenvalue weighted by atomic mass is 9.67. The van der Waals surface area contributed by atoms with Crippen molar-refractivity contribution in [2.45, 2.75) is 65.0 Å². The topological polar surface area (TPSA) is 57.4 Å². The lowest BCUT2D eigenvalue weighted by molar-refractivity contribution is 0.0340. The van der Waals surface area contributed by atoms with Crippen LogP contribution in [0.2, 0.25) is 0 Å². The zero-order valence-corrected chi connectivity index (χ0v) is 20.6. The van der Waals surface area contributed by atoms with Crippen molar-refractivity contribution in [3.63, 3.8) is 0 Å². The summed E-state index contributed by atoms with van der Waals surface area (Å²) in [6, 6.07) is 17.0. The van der Waals surface area contributed by atoms with E-state index >= 15 is 0 Å². The third-order valence-electron chi connectivity index (χ3n) is 8.45. The summed E-state index contributed by atoms with van der Waals surface area (Å²) in [6.07, 6.45) is 10.6. The average Bonchev–Trinajstić information content (AvgIpc) is 3.52. The van der Waals surface area contributed by atoms with Crippen LogP contribution in [-0.2, 0) is 6.42 Å². The van der Waals surface area contributed by atoms with Crippen molar-refractivity contribution < 1.29 is 4.39 Å². The molecule has 0 radical (unpaired) electrons. The molecular formula is C30H33FN4. The number of nitrogens with zero attached hydrogens (tertiary/aromatic N) is 2. The van der Waals surface area contributed by atoms with Crippen LogP contribution in [0.1, 0.15) is 70.2 Å². The van der Waals surface area contributed by atoms with Gasteiger partial charge in [0.25, 0.3) is 0 Å². The molecule has 2 N–H and O–H groups in total. The van der Waals surface area contributed by atoms with Crippen molar-refractivity contribution in [3.8, 4) is 33.6 Å². The van der Waals surface area contributed by atoms with Crippen molar-refractivity contribution in [1.29, 1.82) is 0 Å². The molecule has 2 fully saturated rings. The van der Waals surface area contributed by atoms with Crippen molar-refractivity contribution >= 4 is 0 Å². The zero-order valence-electron chi connectivity index (χ0n) is 20.6. The van der Waals surface area contributed by atoms with Gasteiger partial charge in [-0.25, -0.2) is 14.4 Å². The van der Waals surface area contributed by atoms with Gasteiger partial charge in [0.05, 0.1) is 23.8 Å². The molecule has 180 valence electrons. The minimum Gasteiger partial charge on any atom is -0.342 e. The molecule has 2 saturated carbocycles. The molecule has 0 spiro atoms. The molecule has 1 unspecified atom stereocenters. The normalized spacial score (nSPS) is 19.1. The number of rotatable bonds is 7. The molecule has 35 heavy (non-hydrogen) atoms. The van der Waals surface area contributed by atoms with Crippen LogP contribution >= 0.6 is 0 Å². The monoisotopic (exact) mass is 468 g/mol. The Morgan fingerprint density at radius 2 is 1.26 bits per heavy atom. The Morgan fingerprint density at radius 1 is 0.743 bits per heavy atom. The summed E-state index contributed by atoms with van der Waals surface area (Å²) in [5.74, 6) is 1.54. The number of aromatic amines is 2. The van der Waals surface area contributed by atoms with E-state index < -0.39 is 6.17 Å². The molecule has 2 aromatic carbocycles. The molecule has 6 rings (SSSR count). The maximum atomic E-state index is 14.9. The second kappa shape index (κ2) is 8.47. The highest BCUT2D eigenvalue weighted by Crippen LogP contribution is 2.51. The van der Waals surface area contributed by atoms with Crippen molar-refractivity contribution in [2.24, 2.45) is 10.8 Å². The Balaban J connectivity index is 1.14. The fourth-order valence-corrected chi connectivity index (χ4v) is 5.57. The van der Waals surface area contributed by atoms with Crippen molar-refractivity contribution in [1.82, 2.24) is 19.9 Å². The summed E-state index contributed by atoms with van der Waals surface area (Å²) in [7, 11) is 0. The quantitative estimate of drug-likeness (QED) is 0.288. The molecule has 0 bridgehead atoms. The molecule has 2 aliphatic carbocycles. The standard InChI is InChI=1S/C30H33FN4/c1-29(13-3-14-29)17-26-32-18-24(34-26)22-9-5-20(6-10-22)21-7-11-23(12-8-21)25-19-33-28(35-25)27(31)30(2)15-4-16-30/h5-12,18-19,27H,3-4,13-17H2,1-2H3,(H,32,34)(H,33,35). The van der Waals surface area contributed by atoms with Gasteiger partial charge in [0.1, 0.15) is 11.6 Å². The Bertz CT molecular complexity index is 1310. The summed E-state index contributed by atoms with van der Waals surface area (Å²) >= 11 is 0. The van der Waals surface area contributed by atoms with Crippen LogP contribution in [0.3, 0.4) is 0 Å². The first-order valence-corrected chi connectivity index (χ1v) is 12.9. The van der Waals surface area contributed by atoms with Gasteiger partial charge in [-0.2, -0.15) is 0 Å². The minimum atomic E-state index is -1.03. The summed E-state index contributed by atoms with van der Waals surface area (Å²) in [5.41, 5.74) is 6.56. The SMILES string of the molecule is CC1(Cc2ncc(-c3ccc(-c4ccc(-c5cnc(C(F)C6(C)CCC6)[nH]5)cc4)cc3)[nH]2)CCC1. The molecule has 2 heterocycles. The maximum absolute atomic E-state index is 14.9. The van der Waals surface area contributed by atoms with Crippen LogP contribution < -0.4 is 0 Å². The number of halogens is 1. The van der Waals surface area contributed by atoms with Crippen molar-refractivity contribution in [3.05, 3.63) is 72.6 Å². The molecule has 1 atom stereocenters. The van der Waals surface area contributed by atoms with Gasteiger partial charge in [-0.15, -0.1) is 0 Å². The van der Waals surface area contributed by atoms with Gasteiger partial charge >= 0.3 is 0 Å². The van der Waals surface area contributed by atoms with E-state index in [1.54, 1.807) is 6.20 Å². The van der Waals surface area contributed by atoms with E-state index in [-0.39, 0.29) is 5.41 Å². The molecule has 0 amide bonds. The largest absolute Gasteiger partial charge is 0.342 e. The second-order valence-corrected chi connectivity index (χ2v) is 11.3. The van der Waals surface area contributed by atoms with Gasteiger partial charge in [-0.3, -0.25) is 0 Å². The molecule has 2 aromatic heterocycles. The van der Waals surface area contributed by atoms with E-state index in [9.17, 15) is 4.39 Å². The zero-order chi connectivity index (χ0) is 24.0. The number of aromatic nitrogens is 4. The molecule has 0 aliphatic heterocycles. The summed E-state index contributed by atoms with van der Waals surface area (Å²) < 4.78 is 14.9. The lowest BCUT2D eigenvalue weighted by Crippen LogP contribution is -2.31. The fourth-order valence-electron chi connectivity index (χ4n) is 5.57. The molecule has 4 aromatic rings. The van der Waals surface area contributed by atoms with E-state index in [0.29, 0.717) is 11.2 Å². The maximum Gasteiger partial charge on any atom is 0.163 e. The van der Waals surface area contributed by atoms with Crippen LogP contribution in [0, 0.1) is 10.8 Å². The Morgan fingerprint density at radius 3 is 1.77 bits per heavy atom. The number of nitrogens with one attached hydrogen (secondary N) is 2. The van der Waals surface area contributed by atoms with Crippen molar-refractivity contribution in [2.75, 3.05) is 0 Å². The van der Waals surface area contributed by atoms with E-state index in [0.717, 1.165) is 65.1 Å². The first kappa shape index (κ1) is 22.3. The number of alkyl halides is 1. The Hall–Kier alpha value is -3.21. The van der Waals surface area contributed by atoms with Crippen LogP contribution in [-0.4, -0.2) is 19.9 Å². The van der Waals surface area contributed by atoms with Gasteiger partial charge < -0.3 is 9.97 Å². The summed E-state index contributed by atoms with van der Waals surface area (Å²) in [6.45, 7) is 4.38. The predicted molar refractivity (Wildman–Crippen MR) is 139 cm³/mol. The third kappa shape index (κ3) is 4.22. The van der Waals surface area contributed by atoms with E-state index in [4.69, 9.17) is 0 Å². The molecule has 0 saturated heterocycles. The Labute approximate surface area is 206 Å². The predicted octanol–water partition coefficient (Wildman–Crippen LogP) is 8.07. The number of benzene rings is 2. The van der Waals surface area contributed by atoms with Gasteiger partial charge in [0, 0.05) is 11.8 Å². The highest BCUT2D eigenvalue weighted by atomic mass is 19.1. The van der Waals surface area contributed by atoms with E-state index in [2.05, 4.69) is 75.4 Å². The molecule has 2 aliphatic rings. The minimum absolute atomic E-state index is 0.266. The fraction of sp³-hybridized carbons (Fsp3) is 0.400. The molecular weight excluding hydrogens is 435 g/mol. The lowest BCUT2D eigenvalue weighted by Gasteiger charge is -2.40. The van der Waals surface area contributed by atoms with E-state index in [1.165, 1.54) is 19.3 Å². The average molecular weight is 469 g/mol.